The zero-order valence-corrected chi connectivity index (χ0v) is 9.48. The summed E-state index contributed by atoms with van der Waals surface area (Å²) in [6.07, 6.45) is 0.353. The molecule has 0 radical (unpaired) electrons. The van der Waals surface area contributed by atoms with E-state index < -0.39 is 0 Å². The molecule has 3 N–H and O–H groups in total. The van der Waals surface area contributed by atoms with Gasteiger partial charge in [-0.05, 0) is 19.1 Å². The van der Waals surface area contributed by atoms with E-state index in [1.807, 2.05) is 30.3 Å². The average molecular weight is 222 g/mol. The minimum Gasteiger partial charge on any atom is -0.492 e. The number of hydrogen-bond acceptors (Lipinski definition) is 3. The third-order valence-corrected chi connectivity index (χ3v) is 1.94. The molecule has 4 nitrogen and oxygen atoms in total. The topological polar surface area (TPSA) is 64.4 Å². The molecule has 0 aliphatic rings. The Morgan fingerprint density at radius 3 is 2.75 bits per heavy atom. The highest BCUT2D eigenvalue weighted by molar-refractivity contribution is 5.76. The molecule has 0 aromatic heterocycles. The third kappa shape index (κ3) is 5.36. The van der Waals surface area contributed by atoms with Crippen molar-refractivity contribution in [2.45, 2.75) is 19.4 Å². The van der Waals surface area contributed by atoms with Gasteiger partial charge in [0.25, 0.3) is 0 Å². The van der Waals surface area contributed by atoms with Gasteiger partial charge < -0.3 is 15.8 Å². The van der Waals surface area contributed by atoms with Crippen molar-refractivity contribution in [3.05, 3.63) is 30.3 Å². The Morgan fingerprint density at radius 1 is 1.44 bits per heavy atom. The van der Waals surface area contributed by atoms with Gasteiger partial charge in [-0.1, -0.05) is 18.2 Å². The van der Waals surface area contributed by atoms with Crippen LogP contribution in [0.25, 0.3) is 0 Å². The van der Waals surface area contributed by atoms with E-state index in [1.165, 1.54) is 0 Å². The van der Waals surface area contributed by atoms with Gasteiger partial charge in [0.2, 0.25) is 5.91 Å². The van der Waals surface area contributed by atoms with E-state index in [-0.39, 0.29) is 11.9 Å². The van der Waals surface area contributed by atoms with E-state index in [0.717, 1.165) is 5.75 Å². The number of rotatable bonds is 6. The highest BCUT2D eigenvalue weighted by Crippen LogP contribution is 2.07. The lowest BCUT2D eigenvalue weighted by Gasteiger charge is -2.08. The molecule has 1 aromatic rings. The second-order valence-electron chi connectivity index (χ2n) is 3.69. The zero-order chi connectivity index (χ0) is 11.8. The van der Waals surface area contributed by atoms with Gasteiger partial charge in [-0.25, -0.2) is 0 Å². The van der Waals surface area contributed by atoms with Crippen LogP contribution < -0.4 is 15.8 Å². The summed E-state index contributed by atoms with van der Waals surface area (Å²) < 4.78 is 5.42. The fraction of sp³-hybridized carbons (Fsp3) is 0.417. The molecule has 0 aliphatic carbocycles. The Labute approximate surface area is 95.8 Å². The lowest BCUT2D eigenvalue weighted by Crippen LogP contribution is -2.32. The Morgan fingerprint density at radius 2 is 2.12 bits per heavy atom. The summed E-state index contributed by atoms with van der Waals surface area (Å²) in [5.41, 5.74) is 5.50. The van der Waals surface area contributed by atoms with Crippen LogP contribution in [0.2, 0.25) is 0 Å². The molecular weight excluding hydrogens is 204 g/mol. The number of benzene rings is 1. The molecule has 1 rings (SSSR count). The van der Waals surface area contributed by atoms with Gasteiger partial charge in [0.05, 0.1) is 6.54 Å². The number of hydrogen-bond donors (Lipinski definition) is 2. The summed E-state index contributed by atoms with van der Waals surface area (Å²) in [4.78, 5) is 11.2. The zero-order valence-electron chi connectivity index (χ0n) is 9.48. The number of para-hydroxylation sites is 1. The first-order valence-corrected chi connectivity index (χ1v) is 5.38. The summed E-state index contributed by atoms with van der Waals surface area (Å²) in [6.45, 7) is 2.77. The van der Waals surface area contributed by atoms with Gasteiger partial charge in [-0.3, -0.25) is 4.79 Å². The summed E-state index contributed by atoms with van der Waals surface area (Å²) in [5, 5.41) is 2.74. The number of carbonyl (C=O) groups is 1. The molecule has 0 fully saturated rings. The minimum atomic E-state index is -0.102. The molecule has 0 saturated heterocycles. The first-order chi connectivity index (χ1) is 7.68. The van der Waals surface area contributed by atoms with Crippen molar-refractivity contribution >= 4 is 5.91 Å². The van der Waals surface area contributed by atoms with Crippen LogP contribution in [0.15, 0.2) is 30.3 Å². The maximum absolute atomic E-state index is 11.2. The summed E-state index contributed by atoms with van der Waals surface area (Å²) in [7, 11) is 0. The van der Waals surface area contributed by atoms with Crippen LogP contribution in [0.1, 0.15) is 13.3 Å². The maximum Gasteiger partial charge on any atom is 0.221 e. The summed E-state index contributed by atoms with van der Waals surface area (Å²) >= 11 is 0. The van der Waals surface area contributed by atoms with Gasteiger partial charge in [0.1, 0.15) is 12.4 Å². The third-order valence-electron chi connectivity index (χ3n) is 1.94. The molecule has 88 valence electrons. The molecule has 4 heteroatoms. The SMILES string of the molecule is CC(N)CC(=O)NCCOc1ccccc1. The van der Waals surface area contributed by atoms with Gasteiger partial charge >= 0.3 is 0 Å². The standard InChI is InChI=1S/C12H18N2O2/c1-10(13)9-12(15)14-7-8-16-11-5-3-2-4-6-11/h2-6,10H,7-9,13H2,1H3,(H,14,15). The first-order valence-electron chi connectivity index (χ1n) is 5.38. The molecule has 1 atom stereocenters. The first kappa shape index (κ1) is 12.5. The van der Waals surface area contributed by atoms with Gasteiger partial charge in [0.15, 0.2) is 0 Å². The second-order valence-corrected chi connectivity index (χ2v) is 3.69. The van der Waals surface area contributed by atoms with E-state index >= 15 is 0 Å². The Bertz CT molecular complexity index is 312. The molecule has 0 saturated carbocycles. The van der Waals surface area contributed by atoms with E-state index in [2.05, 4.69) is 5.32 Å². The normalized spacial score (nSPS) is 11.9. The van der Waals surface area contributed by atoms with E-state index in [9.17, 15) is 4.79 Å². The maximum atomic E-state index is 11.2. The van der Waals surface area contributed by atoms with Crippen LogP contribution in [-0.2, 0) is 4.79 Å². The van der Waals surface area contributed by atoms with Crippen LogP contribution in [0, 0.1) is 0 Å². The van der Waals surface area contributed by atoms with Crippen LogP contribution in [0.5, 0.6) is 5.75 Å². The number of amides is 1. The minimum absolute atomic E-state index is 0.0355. The highest BCUT2D eigenvalue weighted by Gasteiger charge is 2.03. The molecule has 0 aliphatic heterocycles. The molecule has 1 unspecified atom stereocenters. The van der Waals surface area contributed by atoms with Crippen LogP contribution >= 0.6 is 0 Å². The van der Waals surface area contributed by atoms with E-state index in [1.54, 1.807) is 6.92 Å². The smallest absolute Gasteiger partial charge is 0.221 e. The van der Waals surface area contributed by atoms with Crippen molar-refractivity contribution in [1.29, 1.82) is 0 Å². The molecular formula is C12H18N2O2. The summed E-state index contributed by atoms with van der Waals surface area (Å²) in [6, 6.07) is 9.40. The van der Waals surface area contributed by atoms with Crippen LogP contribution in [0.3, 0.4) is 0 Å². The molecule has 16 heavy (non-hydrogen) atoms. The number of nitrogens with two attached hydrogens (primary N) is 1. The van der Waals surface area contributed by atoms with E-state index in [0.29, 0.717) is 19.6 Å². The molecule has 0 heterocycles. The van der Waals surface area contributed by atoms with Crippen LogP contribution in [0.4, 0.5) is 0 Å². The van der Waals surface area contributed by atoms with Crippen LogP contribution in [-0.4, -0.2) is 25.1 Å². The number of nitrogens with one attached hydrogen (secondary N) is 1. The van der Waals surface area contributed by atoms with Crippen molar-refractivity contribution in [1.82, 2.24) is 5.32 Å². The molecule has 1 aromatic carbocycles. The second kappa shape index (κ2) is 6.85. The summed E-state index contributed by atoms with van der Waals surface area (Å²) in [5.74, 6) is 0.774. The monoisotopic (exact) mass is 222 g/mol. The van der Waals surface area contributed by atoms with Gasteiger partial charge in [-0.2, -0.15) is 0 Å². The highest BCUT2D eigenvalue weighted by atomic mass is 16.5. The predicted octanol–water partition coefficient (Wildman–Crippen LogP) is 0.919. The van der Waals surface area contributed by atoms with Crippen molar-refractivity contribution in [3.63, 3.8) is 0 Å². The lowest BCUT2D eigenvalue weighted by atomic mass is 10.2. The molecule has 1 amide bonds. The fourth-order valence-electron chi connectivity index (χ4n) is 1.24. The van der Waals surface area contributed by atoms with Gasteiger partial charge in [0, 0.05) is 12.5 Å². The Kier molecular flexibility index (Phi) is 5.36. The van der Waals surface area contributed by atoms with Crippen molar-refractivity contribution in [3.8, 4) is 5.75 Å². The predicted molar refractivity (Wildman–Crippen MR) is 63.2 cm³/mol. The fourth-order valence-corrected chi connectivity index (χ4v) is 1.24. The van der Waals surface area contributed by atoms with E-state index in [4.69, 9.17) is 10.5 Å². The lowest BCUT2D eigenvalue weighted by molar-refractivity contribution is -0.121. The Balaban J connectivity index is 2.10. The van der Waals surface area contributed by atoms with Crippen molar-refractivity contribution < 1.29 is 9.53 Å². The molecule has 0 bridgehead atoms. The Hall–Kier alpha value is -1.55. The molecule has 0 spiro atoms. The van der Waals surface area contributed by atoms with Crippen molar-refractivity contribution in [2.75, 3.05) is 13.2 Å². The largest absolute Gasteiger partial charge is 0.492 e. The number of ether oxygens (including phenoxy) is 1. The quantitative estimate of drug-likeness (QED) is 0.703. The average Bonchev–Trinajstić information content (AvgIpc) is 2.25. The van der Waals surface area contributed by atoms with Gasteiger partial charge in [-0.15, -0.1) is 0 Å². The van der Waals surface area contributed by atoms with Crippen molar-refractivity contribution in [2.24, 2.45) is 5.73 Å². The number of carbonyl (C=O) groups excluding carboxylic acids is 1.